The number of halogens is 4. The molecule has 2 heterocycles. The minimum Gasteiger partial charge on any atom is -0.321 e. The van der Waals surface area contributed by atoms with E-state index in [1.807, 2.05) is 0 Å². The molecule has 0 atom stereocenters. The van der Waals surface area contributed by atoms with Gasteiger partial charge in [0.15, 0.2) is 0 Å². The predicted molar refractivity (Wildman–Crippen MR) is 84.3 cm³/mol. The lowest BCUT2D eigenvalue weighted by atomic mass is 10.2. The van der Waals surface area contributed by atoms with Gasteiger partial charge in [0.2, 0.25) is 0 Å². The van der Waals surface area contributed by atoms with Crippen molar-refractivity contribution in [1.29, 1.82) is 0 Å². The molecule has 3 rings (SSSR count). The van der Waals surface area contributed by atoms with E-state index < -0.39 is 17.6 Å². The third-order valence-electron chi connectivity index (χ3n) is 3.42. The number of hydrogen-bond acceptors (Lipinski definition) is 2. The fourth-order valence-corrected chi connectivity index (χ4v) is 2.55. The molecule has 0 aliphatic carbocycles. The molecule has 124 valence electrons. The molecular weight excluding hydrogens is 343 g/mol. The Morgan fingerprint density at radius 3 is 2.67 bits per heavy atom. The van der Waals surface area contributed by atoms with Crippen molar-refractivity contribution in [3.8, 4) is 0 Å². The summed E-state index contributed by atoms with van der Waals surface area (Å²) in [5, 5.41) is 3.04. The highest BCUT2D eigenvalue weighted by molar-refractivity contribution is 6.30. The molecule has 8 heteroatoms. The average Bonchev–Trinajstić information content (AvgIpc) is 2.81. The number of alkyl halides is 3. The fourth-order valence-electron chi connectivity index (χ4n) is 2.36. The van der Waals surface area contributed by atoms with Crippen LogP contribution in [0, 0.1) is 6.92 Å². The number of nitrogens with one attached hydrogen (secondary N) is 1. The molecular formula is C16H11ClF3N3O. The van der Waals surface area contributed by atoms with Crippen LogP contribution >= 0.6 is 11.6 Å². The van der Waals surface area contributed by atoms with Crippen LogP contribution in [0.25, 0.3) is 5.65 Å². The lowest BCUT2D eigenvalue weighted by Gasteiger charge is -2.09. The molecule has 3 aromatic rings. The number of rotatable bonds is 2. The number of aryl methyl sites for hydroxylation is 1. The van der Waals surface area contributed by atoms with Crippen molar-refractivity contribution in [2.75, 3.05) is 5.32 Å². The van der Waals surface area contributed by atoms with Crippen LogP contribution < -0.4 is 5.32 Å². The molecule has 1 aromatic carbocycles. The first-order valence-electron chi connectivity index (χ1n) is 6.88. The van der Waals surface area contributed by atoms with E-state index in [4.69, 9.17) is 11.6 Å². The van der Waals surface area contributed by atoms with Crippen LogP contribution in [0.5, 0.6) is 0 Å². The van der Waals surface area contributed by atoms with E-state index in [0.717, 1.165) is 16.7 Å². The molecule has 0 unspecified atom stereocenters. The normalized spacial score (nSPS) is 11.7. The first kappa shape index (κ1) is 16.3. The number of aromatic nitrogens is 2. The second-order valence-electron chi connectivity index (χ2n) is 5.15. The molecule has 1 amide bonds. The zero-order valence-corrected chi connectivity index (χ0v) is 13.1. The molecule has 1 N–H and O–H groups in total. The zero-order chi connectivity index (χ0) is 17.5. The van der Waals surface area contributed by atoms with Crippen molar-refractivity contribution >= 4 is 28.8 Å². The first-order valence-corrected chi connectivity index (χ1v) is 7.26. The van der Waals surface area contributed by atoms with Crippen LogP contribution in [-0.2, 0) is 6.18 Å². The van der Waals surface area contributed by atoms with Crippen LogP contribution in [0.3, 0.4) is 0 Å². The fraction of sp³-hybridized carbons (Fsp3) is 0.125. The van der Waals surface area contributed by atoms with Crippen LogP contribution in [0.2, 0.25) is 5.02 Å². The van der Waals surface area contributed by atoms with Crippen LogP contribution in [-0.4, -0.2) is 15.3 Å². The summed E-state index contributed by atoms with van der Waals surface area (Å²) in [4.78, 5) is 16.6. The molecule has 0 aliphatic heterocycles. The zero-order valence-electron chi connectivity index (χ0n) is 12.4. The molecule has 24 heavy (non-hydrogen) atoms. The maximum atomic E-state index is 12.9. The summed E-state index contributed by atoms with van der Waals surface area (Å²) in [6.07, 6.45) is -3.64. The highest BCUT2D eigenvalue weighted by Crippen LogP contribution is 2.30. The van der Waals surface area contributed by atoms with Crippen molar-refractivity contribution in [1.82, 2.24) is 9.38 Å². The van der Waals surface area contributed by atoms with Crippen LogP contribution in [0.15, 0.2) is 42.6 Å². The number of hydrogen-bond donors (Lipinski definition) is 1. The molecule has 0 fully saturated rings. The van der Waals surface area contributed by atoms with E-state index >= 15 is 0 Å². The highest BCUT2D eigenvalue weighted by Gasteiger charge is 2.31. The van der Waals surface area contributed by atoms with E-state index in [1.54, 1.807) is 31.2 Å². The van der Waals surface area contributed by atoms with Gasteiger partial charge in [-0.2, -0.15) is 13.2 Å². The number of carbonyl (C=O) groups is 1. The number of fused-ring (bicyclic) bond motifs is 1. The number of anilines is 1. The number of benzene rings is 1. The summed E-state index contributed by atoms with van der Waals surface area (Å²) in [6.45, 7) is 1.56. The summed E-state index contributed by atoms with van der Waals surface area (Å²) in [7, 11) is 0. The summed E-state index contributed by atoms with van der Waals surface area (Å²) >= 11 is 5.86. The van der Waals surface area contributed by atoms with Gasteiger partial charge < -0.3 is 5.32 Å². The van der Waals surface area contributed by atoms with E-state index in [2.05, 4.69) is 10.3 Å². The van der Waals surface area contributed by atoms with Crippen LogP contribution in [0.4, 0.5) is 18.9 Å². The van der Waals surface area contributed by atoms with Gasteiger partial charge in [0.05, 0.1) is 11.3 Å². The van der Waals surface area contributed by atoms with Gasteiger partial charge in [-0.05, 0) is 37.3 Å². The van der Waals surface area contributed by atoms with Crippen molar-refractivity contribution in [2.24, 2.45) is 0 Å². The maximum absolute atomic E-state index is 12.9. The van der Waals surface area contributed by atoms with E-state index in [0.29, 0.717) is 16.4 Å². The topological polar surface area (TPSA) is 46.4 Å². The Kier molecular flexibility index (Phi) is 3.96. The van der Waals surface area contributed by atoms with Gasteiger partial charge in [-0.15, -0.1) is 0 Å². The van der Waals surface area contributed by atoms with E-state index in [9.17, 15) is 18.0 Å². The molecule has 0 bridgehead atoms. The number of nitrogens with zero attached hydrogens (tertiary/aromatic N) is 2. The van der Waals surface area contributed by atoms with Gasteiger partial charge in [-0.3, -0.25) is 9.20 Å². The maximum Gasteiger partial charge on any atom is 0.417 e. The molecule has 0 saturated carbocycles. The minimum absolute atomic E-state index is 0.0380. The highest BCUT2D eigenvalue weighted by atomic mass is 35.5. The Morgan fingerprint density at radius 1 is 1.25 bits per heavy atom. The van der Waals surface area contributed by atoms with E-state index in [1.165, 1.54) is 6.07 Å². The summed E-state index contributed by atoms with van der Waals surface area (Å²) in [5.41, 5.74) is 0.208. The lowest BCUT2D eigenvalue weighted by molar-refractivity contribution is -0.137. The van der Waals surface area contributed by atoms with Gasteiger partial charge >= 0.3 is 6.18 Å². The molecule has 0 radical (unpaired) electrons. The third kappa shape index (κ3) is 3.07. The molecule has 0 aliphatic rings. The van der Waals surface area contributed by atoms with Gasteiger partial charge in [-0.25, -0.2) is 4.98 Å². The third-order valence-corrected chi connectivity index (χ3v) is 3.65. The lowest BCUT2D eigenvalue weighted by Crippen LogP contribution is -2.16. The second-order valence-corrected chi connectivity index (χ2v) is 5.59. The van der Waals surface area contributed by atoms with Gasteiger partial charge in [-0.1, -0.05) is 17.7 Å². The number of pyridine rings is 1. The average molecular weight is 354 g/mol. The molecule has 4 nitrogen and oxygen atoms in total. The quantitative estimate of drug-likeness (QED) is 0.733. The predicted octanol–water partition coefficient (Wildman–Crippen LogP) is 4.57. The largest absolute Gasteiger partial charge is 0.417 e. The Labute approximate surface area is 139 Å². The Balaban J connectivity index is 2.04. The Hall–Kier alpha value is -2.54. The first-order chi connectivity index (χ1) is 11.3. The summed E-state index contributed by atoms with van der Waals surface area (Å²) in [5.74, 6) is -0.568. The molecule has 2 aromatic heterocycles. The standard InChI is InChI=1S/C16H11ClF3N3O/c1-9-14(15(24)22-12-4-2-3-11(17)7-12)23-8-10(16(18,19)20)5-6-13(23)21-9/h2-8H,1H3,(H,22,24). The Morgan fingerprint density at radius 2 is 2.00 bits per heavy atom. The monoisotopic (exact) mass is 353 g/mol. The second kappa shape index (κ2) is 5.83. The summed E-state index contributed by atoms with van der Waals surface area (Å²) in [6, 6.07) is 8.63. The Bertz CT molecular complexity index is 934. The minimum atomic E-state index is -4.51. The number of carbonyl (C=O) groups excluding carboxylic acids is 1. The molecule has 0 saturated heterocycles. The smallest absolute Gasteiger partial charge is 0.321 e. The van der Waals surface area contributed by atoms with E-state index in [-0.39, 0.29) is 11.3 Å². The summed E-state index contributed by atoms with van der Waals surface area (Å²) < 4.78 is 39.8. The van der Waals surface area contributed by atoms with Crippen LogP contribution in [0.1, 0.15) is 21.7 Å². The van der Waals surface area contributed by atoms with Crippen molar-refractivity contribution in [2.45, 2.75) is 13.1 Å². The van der Waals surface area contributed by atoms with Crippen molar-refractivity contribution in [3.05, 3.63) is 64.6 Å². The van der Waals surface area contributed by atoms with Gasteiger partial charge in [0.25, 0.3) is 5.91 Å². The van der Waals surface area contributed by atoms with Crippen molar-refractivity contribution < 1.29 is 18.0 Å². The molecule has 0 spiro atoms. The SMILES string of the molecule is Cc1nc2ccc(C(F)(F)F)cn2c1C(=O)Nc1cccc(Cl)c1. The number of imidazole rings is 1. The van der Waals surface area contributed by atoms with Crippen molar-refractivity contribution in [3.63, 3.8) is 0 Å². The van der Waals surface area contributed by atoms with Gasteiger partial charge in [0.1, 0.15) is 11.3 Å². The van der Waals surface area contributed by atoms with Gasteiger partial charge in [0, 0.05) is 16.9 Å². The number of amides is 1.